The maximum absolute atomic E-state index is 14.4. The Balaban J connectivity index is 1.32. The Morgan fingerprint density at radius 2 is 1.97 bits per heavy atom. The molecule has 0 bridgehead atoms. The average Bonchev–Trinajstić information content (AvgIpc) is 3.32. The second-order valence-electron chi connectivity index (χ2n) is 8.84. The molecule has 170 valence electrons. The van der Waals surface area contributed by atoms with Gasteiger partial charge >= 0.3 is 0 Å². The van der Waals surface area contributed by atoms with Gasteiger partial charge in [-0.1, -0.05) is 0 Å². The van der Waals surface area contributed by atoms with E-state index in [0.29, 0.717) is 18.3 Å². The third kappa shape index (κ3) is 5.83. The molecular weight excluding hydrogens is 413 g/mol. The maximum atomic E-state index is 14.4. The minimum atomic E-state index is -0.489. The number of rotatable bonds is 7. The van der Waals surface area contributed by atoms with Crippen LogP contribution in [0.25, 0.3) is 5.69 Å². The number of hydrogen-bond acceptors (Lipinski definition) is 8. The van der Waals surface area contributed by atoms with Gasteiger partial charge in [0.2, 0.25) is 0 Å². The molecule has 32 heavy (non-hydrogen) atoms. The van der Waals surface area contributed by atoms with Crippen LogP contribution in [0.5, 0.6) is 5.75 Å². The first-order valence-electron chi connectivity index (χ1n) is 10.7. The molecule has 0 atom stereocenters. The first-order valence-corrected chi connectivity index (χ1v) is 10.7. The monoisotopic (exact) mass is 441 g/mol. The summed E-state index contributed by atoms with van der Waals surface area (Å²) in [7, 11) is 0. The summed E-state index contributed by atoms with van der Waals surface area (Å²) in [5.74, 6) is 0.774. The molecule has 10 heteroatoms. The smallest absolute Gasteiger partial charge is 0.167 e. The van der Waals surface area contributed by atoms with E-state index in [9.17, 15) is 4.39 Å². The van der Waals surface area contributed by atoms with Gasteiger partial charge in [0, 0.05) is 31.3 Å². The molecule has 1 aliphatic heterocycles. The molecule has 9 nitrogen and oxygen atoms in total. The van der Waals surface area contributed by atoms with Crippen molar-refractivity contribution in [3.05, 3.63) is 54.1 Å². The van der Waals surface area contributed by atoms with Crippen molar-refractivity contribution < 1.29 is 13.9 Å². The molecule has 0 radical (unpaired) electrons. The van der Waals surface area contributed by atoms with Crippen LogP contribution < -0.4 is 4.74 Å². The minimum Gasteiger partial charge on any atom is -0.484 e. The highest BCUT2D eigenvalue weighted by Crippen LogP contribution is 2.26. The second-order valence-corrected chi connectivity index (χ2v) is 8.84. The van der Waals surface area contributed by atoms with E-state index < -0.39 is 5.82 Å². The fourth-order valence-electron chi connectivity index (χ4n) is 3.48. The first-order chi connectivity index (χ1) is 15.4. The lowest BCUT2D eigenvalue weighted by molar-refractivity contribution is -0.0691. The van der Waals surface area contributed by atoms with Crippen LogP contribution in [0.15, 0.2) is 36.8 Å². The minimum absolute atomic E-state index is 0.137. The summed E-state index contributed by atoms with van der Waals surface area (Å²) < 4.78 is 27.4. The molecular formula is C22H28FN7O2. The highest BCUT2D eigenvalue weighted by atomic mass is 19.1. The third-order valence-electron chi connectivity index (χ3n) is 5.27. The van der Waals surface area contributed by atoms with Crippen LogP contribution in [0, 0.1) is 5.82 Å². The molecule has 1 aromatic carbocycles. The number of benzene rings is 1. The van der Waals surface area contributed by atoms with Crippen LogP contribution in [-0.4, -0.2) is 60.5 Å². The molecule has 1 saturated heterocycles. The SMILES string of the molecule is CC(C)(C)OCN1CCC(c2nccc(COc3ccc(-n4cnnn4)cc3F)n2)CC1. The standard InChI is InChI=1S/C22H28FN7O2/c1-22(2,3)32-15-29-10-7-16(8-11-29)21-24-9-6-17(26-21)13-31-20-5-4-18(12-19(20)23)30-14-25-27-28-30/h4-6,9,12,14,16H,7-8,10-11,13,15H2,1-3H3. The summed E-state index contributed by atoms with van der Waals surface area (Å²) in [5.41, 5.74) is 1.10. The van der Waals surface area contributed by atoms with Crippen molar-refractivity contribution >= 4 is 0 Å². The van der Waals surface area contributed by atoms with Crippen molar-refractivity contribution in [3.63, 3.8) is 0 Å². The normalized spacial score (nSPS) is 15.8. The number of halogens is 1. The number of aromatic nitrogens is 6. The van der Waals surface area contributed by atoms with Crippen LogP contribution in [0.2, 0.25) is 0 Å². The van der Waals surface area contributed by atoms with Gasteiger partial charge in [-0.05, 0) is 62.2 Å². The summed E-state index contributed by atoms with van der Waals surface area (Å²) in [5, 5.41) is 10.9. The van der Waals surface area contributed by atoms with Gasteiger partial charge in [0.1, 0.15) is 18.8 Å². The summed E-state index contributed by atoms with van der Waals surface area (Å²) >= 11 is 0. The van der Waals surface area contributed by atoms with Crippen molar-refractivity contribution in [3.8, 4) is 11.4 Å². The number of nitrogens with zero attached hydrogens (tertiary/aromatic N) is 7. The van der Waals surface area contributed by atoms with Gasteiger partial charge in [-0.3, -0.25) is 4.90 Å². The van der Waals surface area contributed by atoms with Gasteiger partial charge in [-0.25, -0.2) is 19.0 Å². The van der Waals surface area contributed by atoms with Gasteiger partial charge in [-0.15, -0.1) is 5.10 Å². The highest BCUT2D eigenvalue weighted by molar-refractivity contribution is 5.37. The van der Waals surface area contributed by atoms with Gasteiger partial charge in [0.15, 0.2) is 11.6 Å². The molecule has 0 saturated carbocycles. The zero-order valence-electron chi connectivity index (χ0n) is 18.6. The van der Waals surface area contributed by atoms with Crippen molar-refractivity contribution in [1.29, 1.82) is 0 Å². The molecule has 1 aliphatic rings. The lowest BCUT2D eigenvalue weighted by atomic mass is 9.96. The molecule has 2 aromatic heterocycles. The largest absolute Gasteiger partial charge is 0.484 e. The molecule has 1 fully saturated rings. The molecule has 4 rings (SSSR count). The van der Waals surface area contributed by atoms with Crippen molar-refractivity contribution in [2.24, 2.45) is 0 Å². The topological polar surface area (TPSA) is 91.1 Å². The Morgan fingerprint density at radius 3 is 2.66 bits per heavy atom. The van der Waals surface area contributed by atoms with E-state index in [1.54, 1.807) is 24.4 Å². The first kappa shape index (κ1) is 22.2. The second kappa shape index (κ2) is 9.66. The third-order valence-corrected chi connectivity index (χ3v) is 5.27. The van der Waals surface area contributed by atoms with Crippen LogP contribution in [-0.2, 0) is 11.3 Å². The number of hydrogen-bond donors (Lipinski definition) is 0. The van der Waals surface area contributed by atoms with E-state index >= 15 is 0 Å². The molecule has 0 unspecified atom stereocenters. The zero-order chi connectivity index (χ0) is 22.6. The maximum Gasteiger partial charge on any atom is 0.167 e. The summed E-state index contributed by atoms with van der Waals surface area (Å²) in [6.07, 6.45) is 5.10. The van der Waals surface area contributed by atoms with Crippen molar-refractivity contribution in [1.82, 2.24) is 35.1 Å². The number of piperidine rings is 1. The zero-order valence-corrected chi connectivity index (χ0v) is 18.6. The number of tetrazole rings is 1. The number of likely N-dealkylation sites (tertiary alicyclic amines) is 1. The Bertz CT molecular complexity index is 1020. The Labute approximate surface area is 186 Å². The molecule has 0 aliphatic carbocycles. The van der Waals surface area contributed by atoms with Crippen LogP contribution in [0.3, 0.4) is 0 Å². The quantitative estimate of drug-likeness (QED) is 0.552. The van der Waals surface area contributed by atoms with Gasteiger partial charge in [0.05, 0.1) is 23.7 Å². The summed E-state index contributed by atoms with van der Waals surface area (Å²) in [6.45, 7) is 8.90. The molecule has 0 spiro atoms. The fourth-order valence-corrected chi connectivity index (χ4v) is 3.48. The Kier molecular flexibility index (Phi) is 6.71. The van der Waals surface area contributed by atoms with Crippen molar-refractivity contribution in [2.75, 3.05) is 19.8 Å². The van der Waals surface area contributed by atoms with Gasteiger partial charge < -0.3 is 9.47 Å². The molecule has 0 N–H and O–H groups in total. The van der Waals surface area contributed by atoms with Crippen LogP contribution in [0.4, 0.5) is 4.39 Å². The van der Waals surface area contributed by atoms with E-state index in [2.05, 4.69) is 51.2 Å². The van der Waals surface area contributed by atoms with Crippen molar-refractivity contribution in [2.45, 2.75) is 51.7 Å². The number of ether oxygens (including phenoxy) is 2. The predicted molar refractivity (Wildman–Crippen MR) is 115 cm³/mol. The van der Waals surface area contributed by atoms with E-state index in [0.717, 1.165) is 37.4 Å². The summed E-state index contributed by atoms with van der Waals surface area (Å²) in [6, 6.07) is 6.37. The van der Waals surface area contributed by atoms with Gasteiger partial charge in [0.25, 0.3) is 0 Å². The Hall–Kier alpha value is -2.98. The predicted octanol–water partition coefficient (Wildman–Crippen LogP) is 3.12. The lowest BCUT2D eigenvalue weighted by Crippen LogP contribution is -2.37. The van der Waals surface area contributed by atoms with E-state index in [1.807, 2.05) is 0 Å². The van der Waals surface area contributed by atoms with E-state index in [1.165, 1.54) is 17.1 Å². The fraction of sp³-hybridized carbons (Fsp3) is 0.500. The van der Waals surface area contributed by atoms with E-state index in [4.69, 9.17) is 9.47 Å². The van der Waals surface area contributed by atoms with E-state index in [-0.39, 0.29) is 18.0 Å². The molecule has 3 aromatic rings. The molecule has 0 amide bonds. The summed E-state index contributed by atoms with van der Waals surface area (Å²) in [4.78, 5) is 11.5. The van der Waals surface area contributed by atoms with Crippen LogP contribution >= 0.6 is 0 Å². The lowest BCUT2D eigenvalue weighted by Gasteiger charge is -2.33. The van der Waals surface area contributed by atoms with Gasteiger partial charge in [-0.2, -0.15) is 0 Å². The average molecular weight is 442 g/mol. The van der Waals surface area contributed by atoms with Crippen LogP contribution in [0.1, 0.15) is 51.0 Å². The Morgan fingerprint density at radius 1 is 1.16 bits per heavy atom. The highest BCUT2D eigenvalue weighted by Gasteiger charge is 2.24. The molecule has 3 heterocycles.